The highest BCUT2D eigenvalue weighted by Gasteiger charge is 2.19. The molecule has 0 atom stereocenters. The van der Waals surface area contributed by atoms with Crippen LogP contribution in [-0.2, 0) is 0 Å². The number of hydrogen-bond donors (Lipinski definition) is 2. The van der Waals surface area contributed by atoms with Crippen molar-refractivity contribution in [1.29, 1.82) is 0 Å². The van der Waals surface area contributed by atoms with Crippen LogP contribution in [0.25, 0.3) is 21.9 Å². The van der Waals surface area contributed by atoms with E-state index in [9.17, 15) is 15.0 Å². The van der Waals surface area contributed by atoms with Crippen molar-refractivity contribution in [2.75, 3.05) is 14.2 Å². The minimum Gasteiger partial charge on any atom is -0.507 e. The number of benzene rings is 2. The largest absolute Gasteiger partial charge is 0.507 e. The maximum atomic E-state index is 12.7. The molecule has 0 spiro atoms. The number of methoxy groups -OCH3 is 2. The monoisotopic (exact) mass is 302 g/mol. The molecule has 0 aliphatic rings. The van der Waals surface area contributed by atoms with Gasteiger partial charge in [0.15, 0.2) is 11.5 Å². The molecule has 3 aromatic rings. The van der Waals surface area contributed by atoms with Crippen LogP contribution in [0.4, 0.5) is 0 Å². The third kappa shape index (κ3) is 1.84. The van der Waals surface area contributed by atoms with Gasteiger partial charge >= 0.3 is 0 Å². The molecule has 3 rings (SSSR count). The van der Waals surface area contributed by atoms with Crippen molar-refractivity contribution in [3.05, 3.63) is 34.0 Å². The summed E-state index contributed by atoms with van der Waals surface area (Å²) in [5, 5.41) is 20.4. The second kappa shape index (κ2) is 4.84. The van der Waals surface area contributed by atoms with Crippen molar-refractivity contribution in [2.24, 2.45) is 0 Å². The van der Waals surface area contributed by atoms with Gasteiger partial charge in [-0.05, 0) is 6.92 Å². The first-order valence-electron chi connectivity index (χ1n) is 6.52. The van der Waals surface area contributed by atoms with Crippen LogP contribution >= 0.6 is 0 Å². The van der Waals surface area contributed by atoms with E-state index in [0.717, 1.165) is 0 Å². The second-order valence-electron chi connectivity index (χ2n) is 4.88. The molecule has 0 aliphatic heterocycles. The van der Waals surface area contributed by atoms with Gasteiger partial charge in [-0.2, -0.15) is 0 Å². The first-order chi connectivity index (χ1) is 10.5. The fraction of sp³-hybridized carbons (Fsp3) is 0.188. The Morgan fingerprint density at radius 1 is 1.00 bits per heavy atom. The SMILES string of the molecule is COc1cc(O)c2c(=O)c3c(C)c(O)c(OC)cc3oc2c1. The Bertz CT molecular complexity index is 955. The third-order valence-corrected chi connectivity index (χ3v) is 3.66. The lowest BCUT2D eigenvalue weighted by Gasteiger charge is -2.11. The van der Waals surface area contributed by atoms with E-state index in [2.05, 4.69) is 0 Å². The summed E-state index contributed by atoms with van der Waals surface area (Å²) in [6.45, 7) is 1.59. The zero-order chi connectivity index (χ0) is 16.0. The van der Waals surface area contributed by atoms with Crippen molar-refractivity contribution in [3.8, 4) is 23.0 Å². The molecule has 114 valence electrons. The minimum absolute atomic E-state index is 0.0426. The van der Waals surface area contributed by atoms with Gasteiger partial charge in [0, 0.05) is 23.8 Å². The number of rotatable bonds is 2. The van der Waals surface area contributed by atoms with Gasteiger partial charge in [0.25, 0.3) is 0 Å². The Hall–Kier alpha value is -2.89. The number of hydrogen-bond acceptors (Lipinski definition) is 6. The van der Waals surface area contributed by atoms with Crippen molar-refractivity contribution in [2.45, 2.75) is 6.92 Å². The zero-order valence-corrected chi connectivity index (χ0v) is 12.3. The molecule has 6 heteroatoms. The Labute approximate surface area is 125 Å². The molecule has 22 heavy (non-hydrogen) atoms. The molecule has 1 heterocycles. The Morgan fingerprint density at radius 3 is 2.32 bits per heavy atom. The molecule has 0 radical (unpaired) electrons. The van der Waals surface area contributed by atoms with E-state index >= 15 is 0 Å². The molecule has 0 aliphatic carbocycles. The van der Waals surface area contributed by atoms with Crippen LogP contribution in [0, 0.1) is 6.92 Å². The van der Waals surface area contributed by atoms with E-state index in [1.54, 1.807) is 6.92 Å². The van der Waals surface area contributed by atoms with Crippen molar-refractivity contribution in [3.63, 3.8) is 0 Å². The molecule has 2 N–H and O–H groups in total. The first kappa shape index (κ1) is 14.1. The van der Waals surface area contributed by atoms with Gasteiger partial charge in [-0.3, -0.25) is 4.79 Å². The minimum atomic E-state index is -0.424. The molecule has 0 fully saturated rings. The molecule has 2 aromatic carbocycles. The third-order valence-electron chi connectivity index (χ3n) is 3.66. The number of ether oxygens (including phenoxy) is 2. The summed E-state index contributed by atoms with van der Waals surface area (Å²) in [4.78, 5) is 12.7. The van der Waals surface area contributed by atoms with Gasteiger partial charge in [-0.15, -0.1) is 0 Å². The van der Waals surface area contributed by atoms with Gasteiger partial charge in [0.1, 0.15) is 28.1 Å². The van der Waals surface area contributed by atoms with E-state index < -0.39 is 5.43 Å². The number of phenolic OH excluding ortho intramolecular Hbond substituents is 2. The summed E-state index contributed by atoms with van der Waals surface area (Å²) < 4.78 is 15.8. The summed E-state index contributed by atoms with van der Waals surface area (Å²) in [5.41, 5.74) is 0.367. The van der Waals surface area contributed by atoms with E-state index in [-0.39, 0.29) is 39.2 Å². The smallest absolute Gasteiger partial charge is 0.204 e. The van der Waals surface area contributed by atoms with Crippen molar-refractivity contribution in [1.82, 2.24) is 0 Å². The fourth-order valence-corrected chi connectivity index (χ4v) is 2.51. The maximum Gasteiger partial charge on any atom is 0.204 e. The van der Waals surface area contributed by atoms with E-state index in [1.165, 1.54) is 32.4 Å². The van der Waals surface area contributed by atoms with Crippen LogP contribution in [0.1, 0.15) is 5.56 Å². The first-order valence-corrected chi connectivity index (χ1v) is 6.52. The van der Waals surface area contributed by atoms with Crippen LogP contribution in [-0.4, -0.2) is 24.4 Å². The molecule has 0 saturated heterocycles. The summed E-state index contributed by atoms with van der Waals surface area (Å²) >= 11 is 0. The summed E-state index contributed by atoms with van der Waals surface area (Å²) in [5.74, 6) is 0.212. The average molecular weight is 302 g/mol. The molecule has 0 amide bonds. The van der Waals surface area contributed by atoms with Gasteiger partial charge < -0.3 is 24.1 Å². The fourth-order valence-electron chi connectivity index (χ4n) is 2.51. The molecule has 0 saturated carbocycles. The summed E-state index contributed by atoms with van der Waals surface area (Å²) in [6.07, 6.45) is 0. The Kier molecular flexibility index (Phi) is 3.09. The van der Waals surface area contributed by atoms with Crippen LogP contribution in [0.5, 0.6) is 23.0 Å². The Balaban J connectivity index is 2.55. The van der Waals surface area contributed by atoms with E-state index in [4.69, 9.17) is 13.9 Å². The topological polar surface area (TPSA) is 89.1 Å². The predicted octanol–water partition coefficient (Wildman–Crippen LogP) is 2.68. The molecule has 0 bridgehead atoms. The molecular weight excluding hydrogens is 288 g/mol. The van der Waals surface area contributed by atoms with Gasteiger partial charge in [0.2, 0.25) is 5.43 Å². The Morgan fingerprint density at radius 2 is 1.68 bits per heavy atom. The van der Waals surface area contributed by atoms with Gasteiger partial charge in [0.05, 0.1) is 19.6 Å². The van der Waals surface area contributed by atoms with Crippen LogP contribution in [0.15, 0.2) is 27.4 Å². The summed E-state index contributed by atoms with van der Waals surface area (Å²) in [6, 6.07) is 4.30. The van der Waals surface area contributed by atoms with Crippen molar-refractivity contribution >= 4 is 21.9 Å². The average Bonchev–Trinajstić information content (AvgIpc) is 2.49. The molecule has 0 unspecified atom stereocenters. The highest BCUT2D eigenvalue weighted by molar-refractivity contribution is 5.96. The zero-order valence-electron chi connectivity index (χ0n) is 12.3. The quantitative estimate of drug-likeness (QED) is 0.707. The van der Waals surface area contributed by atoms with Crippen LogP contribution in [0.2, 0.25) is 0 Å². The second-order valence-corrected chi connectivity index (χ2v) is 4.88. The highest BCUT2D eigenvalue weighted by Crippen LogP contribution is 2.37. The normalized spacial score (nSPS) is 11.0. The van der Waals surface area contributed by atoms with Crippen LogP contribution in [0.3, 0.4) is 0 Å². The molecular formula is C16H14O6. The number of fused-ring (bicyclic) bond motifs is 2. The lowest BCUT2D eigenvalue weighted by molar-refractivity contribution is 0.372. The van der Waals surface area contributed by atoms with Crippen molar-refractivity contribution < 1.29 is 24.1 Å². The highest BCUT2D eigenvalue weighted by atomic mass is 16.5. The maximum absolute atomic E-state index is 12.7. The number of aryl methyl sites for hydroxylation is 1. The van der Waals surface area contributed by atoms with Crippen LogP contribution < -0.4 is 14.9 Å². The van der Waals surface area contributed by atoms with E-state index in [0.29, 0.717) is 11.3 Å². The lowest BCUT2D eigenvalue weighted by atomic mass is 10.1. The number of aromatic hydroxyl groups is 2. The number of phenols is 2. The summed E-state index contributed by atoms with van der Waals surface area (Å²) in [7, 11) is 2.86. The predicted molar refractivity (Wildman–Crippen MR) is 81.2 cm³/mol. The molecule has 1 aromatic heterocycles. The standard InChI is InChI=1S/C16H14O6/c1-7-13-11(6-12(21-3)15(7)18)22-10-5-8(20-2)4-9(17)14(10)16(13)19/h4-6,17-18H,1-3H3. The van der Waals surface area contributed by atoms with Gasteiger partial charge in [-0.1, -0.05) is 0 Å². The van der Waals surface area contributed by atoms with E-state index in [1.807, 2.05) is 0 Å². The molecule has 6 nitrogen and oxygen atoms in total. The van der Waals surface area contributed by atoms with Gasteiger partial charge in [-0.25, -0.2) is 0 Å². The lowest BCUT2D eigenvalue weighted by Crippen LogP contribution is -2.05.